The van der Waals surface area contributed by atoms with Crippen LogP contribution in [-0.2, 0) is 4.79 Å². The zero-order valence-electron chi connectivity index (χ0n) is 47.2. The topological polar surface area (TPSA) is 69.6 Å². The van der Waals surface area contributed by atoms with Crippen molar-refractivity contribution in [2.45, 2.75) is 283 Å². The monoisotopic (exact) mass is 994 g/mol. The molecule has 0 fully saturated rings. The van der Waals surface area contributed by atoms with Gasteiger partial charge in [0, 0.05) is 6.42 Å². The van der Waals surface area contributed by atoms with E-state index in [1.54, 1.807) is 6.08 Å². The van der Waals surface area contributed by atoms with Crippen molar-refractivity contribution in [3.05, 3.63) is 134 Å². The van der Waals surface area contributed by atoms with Crippen LogP contribution in [0.2, 0.25) is 0 Å². The Hall–Kier alpha value is -3.47. The van der Waals surface area contributed by atoms with Gasteiger partial charge in [-0.3, -0.25) is 4.79 Å². The van der Waals surface area contributed by atoms with Crippen molar-refractivity contribution in [1.29, 1.82) is 0 Å². The molecular weight excluding hydrogens is 879 g/mol. The summed E-state index contributed by atoms with van der Waals surface area (Å²) in [4.78, 5) is 12.5. The minimum Gasteiger partial charge on any atom is -0.394 e. The average molecular weight is 995 g/mol. The summed E-state index contributed by atoms with van der Waals surface area (Å²) in [5.41, 5.74) is 0. The molecule has 1 amide bonds. The van der Waals surface area contributed by atoms with Crippen LogP contribution in [0, 0.1) is 0 Å². The molecular formula is C68H115NO3. The van der Waals surface area contributed by atoms with Crippen LogP contribution < -0.4 is 5.32 Å². The molecule has 72 heavy (non-hydrogen) atoms. The van der Waals surface area contributed by atoms with Crippen LogP contribution in [0.1, 0.15) is 271 Å². The first-order valence-electron chi connectivity index (χ1n) is 30.4. The van der Waals surface area contributed by atoms with Gasteiger partial charge in [-0.15, -0.1) is 0 Å². The first-order valence-corrected chi connectivity index (χ1v) is 30.4. The highest BCUT2D eigenvalue weighted by Crippen LogP contribution is 2.15. The first kappa shape index (κ1) is 68.5. The van der Waals surface area contributed by atoms with Crippen molar-refractivity contribution in [3.8, 4) is 0 Å². The van der Waals surface area contributed by atoms with Gasteiger partial charge in [0.1, 0.15) is 0 Å². The predicted octanol–water partition coefficient (Wildman–Crippen LogP) is 20.6. The Morgan fingerprint density at radius 1 is 0.347 bits per heavy atom. The van der Waals surface area contributed by atoms with Crippen LogP contribution in [0.15, 0.2) is 134 Å². The van der Waals surface area contributed by atoms with Gasteiger partial charge in [-0.25, -0.2) is 0 Å². The number of amides is 1. The van der Waals surface area contributed by atoms with Crippen molar-refractivity contribution in [2.75, 3.05) is 6.61 Å². The second-order valence-corrected chi connectivity index (χ2v) is 20.0. The minimum atomic E-state index is -0.880. The highest BCUT2D eigenvalue weighted by atomic mass is 16.3. The summed E-state index contributed by atoms with van der Waals surface area (Å²) in [5, 5.41) is 23.2. The Morgan fingerprint density at radius 3 is 0.972 bits per heavy atom. The lowest BCUT2D eigenvalue weighted by molar-refractivity contribution is -0.123. The van der Waals surface area contributed by atoms with Gasteiger partial charge in [-0.2, -0.15) is 0 Å². The van der Waals surface area contributed by atoms with Crippen molar-refractivity contribution < 1.29 is 15.0 Å². The molecule has 0 saturated carbocycles. The number of allylic oxidation sites excluding steroid dienone is 21. The van der Waals surface area contributed by atoms with E-state index in [9.17, 15) is 15.0 Å². The van der Waals surface area contributed by atoms with Crippen LogP contribution in [0.25, 0.3) is 0 Å². The van der Waals surface area contributed by atoms with E-state index in [1.165, 1.54) is 161 Å². The molecule has 2 atom stereocenters. The van der Waals surface area contributed by atoms with Crippen LogP contribution in [0.4, 0.5) is 0 Å². The molecule has 2 unspecified atom stereocenters. The van der Waals surface area contributed by atoms with Crippen molar-refractivity contribution >= 4 is 5.91 Å². The van der Waals surface area contributed by atoms with E-state index in [0.29, 0.717) is 6.42 Å². The number of carbonyl (C=O) groups excluding carboxylic acids is 1. The Morgan fingerprint density at radius 2 is 0.625 bits per heavy atom. The maximum absolute atomic E-state index is 12.5. The number of carbonyl (C=O) groups is 1. The number of aliphatic hydroxyl groups excluding tert-OH is 2. The largest absolute Gasteiger partial charge is 0.394 e. The summed E-state index contributed by atoms with van der Waals surface area (Å²) < 4.78 is 0. The average Bonchev–Trinajstić information content (AvgIpc) is 3.39. The number of aliphatic hydroxyl groups is 2. The van der Waals surface area contributed by atoms with E-state index in [2.05, 4.69) is 141 Å². The molecule has 0 aromatic heterocycles. The molecule has 3 N–H and O–H groups in total. The Kier molecular flexibility index (Phi) is 58.8. The summed E-state index contributed by atoms with van der Waals surface area (Å²) in [6, 6.07) is -0.656. The molecule has 4 nitrogen and oxygen atoms in total. The molecule has 0 saturated heterocycles. The molecule has 0 spiro atoms. The molecule has 0 aromatic rings. The van der Waals surface area contributed by atoms with E-state index < -0.39 is 12.1 Å². The summed E-state index contributed by atoms with van der Waals surface area (Å²) in [6.07, 6.45) is 96.2. The molecule has 0 radical (unpaired) electrons. The fourth-order valence-electron chi connectivity index (χ4n) is 8.52. The van der Waals surface area contributed by atoms with Gasteiger partial charge < -0.3 is 15.5 Å². The standard InChI is InChI=1S/C68H115NO3/c1-3-5-7-9-11-13-15-17-19-21-23-25-27-28-29-30-31-32-33-34-35-36-37-38-39-40-42-44-46-48-50-52-54-56-58-60-62-64-68(72)69-66(65-70)67(71)63-61-59-57-55-53-51-49-47-45-43-41-26-24-22-20-18-16-14-12-10-8-6-4-2/h5,7,11,13,17,19,23,25,28-29,31-32,34-35,37-38,45,47,53,55,61,63,66-67,70-71H,3-4,6,8-10,12,14-16,18,20-22,24,26-27,30,33,36,39-44,46,48-52,54,56-60,62,64-65H2,1-2H3,(H,69,72)/b7-5-,13-11-,19-17-,25-23-,29-28-,32-31-,35-34-,38-37-,47-45+,55-53+,63-61+. The summed E-state index contributed by atoms with van der Waals surface area (Å²) >= 11 is 0. The van der Waals surface area contributed by atoms with E-state index in [-0.39, 0.29) is 12.5 Å². The van der Waals surface area contributed by atoms with Crippen molar-refractivity contribution in [2.24, 2.45) is 0 Å². The van der Waals surface area contributed by atoms with E-state index in [0.717, 1.165) is 89.9 Å². The number of unbranched alkanes of at least 4 members (excludes halogenated alkanes) is 27. The molecule has 0 heterocycles. The van der Waals surface area contributed by atoms with Gasteiger partial charge >= 0.3 is 0 Å². The number of rotatable bonds is 54. The van der Waals surface area contributed by atoms with Gasteiger partial charge in [0.15, 0.2) is 0 Å². The number of nitrogens with one attached hydrogen (secondary N) is 1. The molecule has 0 aliphatic rings. The van der Waals surface area contributed by atoms with Gasteiger partial charge in [0.2, 0.25) is 5.91 Å². The third-order valence-corrected chi connectivity index (χ3v) is 13.1. The Labute approximate surface area is 447 Å². The molecule has 0 aliphatic carbocycles. The first-order chi connectivity index (χ1) is 35.7. The maximum Gasteiger partial charge on any atom is 0.220 e. The van der Waals surface area contributed by atoms with Gasteiger partial charge in [-0.1, -0.05) is 289 Å². The second-order valence-electron chi connectivity index (χ2n) is 20.0. The lowest BCUT2D eigenvalue weighted by Crippen LogP contribution is -2.45. The van der Waals surface area contributed by atoms with E-state index in [4.69, 9.17) is 0 Å². The molecule has 0 aromatic carbocycles. The Balaban J connectivity index is 3.61. The zero-order chi connectivity index (χ0) is 52.0. The fraction of sp³-hybridized carbons (Fsp3) is 0.662. The number of hydrogen-bond acceptors (Lipinski definition) is 3. The summed E-state index contributed by atoms with van der Waals surface area (Å²) in [6.45, 7) is 4.18. The molecule has 0 aliphatic heterocycles. The molecule has 0 rings (SSSR count). The van der Waals surface area contributed by atoms with Gasteiger partial charge in [0.05, 0.1) is 18.8 Å². The Bertz CT molecular complexity index is 1450. The normalized spacial score (nSPS) is 13.8. The van der Waals surface area contributed by atoms with Crippen LogP contribution in [0.3, 0.4) is 0 Å². The molecule has 0 bridgehead atoms. The number of hydrogen-bond donors (Lipinski definition) is 3. The third-order valence-electron chi connectivity index (χ3n) is 13.1. The third kappa shape index (κ3) is 57.4. The van der Waals surface area contributed by atoms with Gasteiger partial charge in [0.25, 0.3) is 0 Å². The zero-order valence-corrected chi connectivity index (χ0v) is 47.2. The molecule has 4 heteroatoms. The quantitative estimate of drug-likeness (QED) is 0.0420. The minimum absolute atomic E-state index is 0.0839. The highest BCUT2D eigenvalue weighted by molar-refractivity contribution is 5.76. The lowest BCUT2D eigenvalue weighted by Gasteiger charge is -2.19. The fourth-order valence-corrected chi connectivity index (χ4v) is 8.52. The van der Waals surface area contributed by atoms with E-state index in [1.807, 2.05) is 6.08 Å². The van der Waals surface area contributed by atoms with Crippen LogP contribution >= 0.6 is 0 Å². The summed E-state index contributed by atoms with van der Waals surface area (Å²) in [7, 11) is 0. The smallest absolute Gasteiger partial charge is 0.220 e. The van der Waals surface area contributed by atoms with Gasteiger partial charge in [-0.05, 0) is 109 Å². The van der Waals surface area contributed by atoms with Crippen LogP contribution in [0.5, 0.6) is 0 Å². The predicted molar refractivity (Wildman–Crippen MR) is 322 cm³/mol. The SMILES string of the molecule is CC/C=C\C/C=C\C/C=C\C/C=C\C/C=C\C/C=C\C/C=C\C/C=C\CCCCCCCCCCCCCCC(=O)NC(CO)C(O)/C=C/CC/C=C/CC/C=C/CCCCCCCCCCCCCCC. The van der Waals surface area contributed by atoms with Crippen molar-refractivity contribution in [3.63, 3.8) is 0 Å². The maximum atomic E-state index is 12.5. The van der Waals surface area contributed by atoms with Crippen LogP contribution in [-0.4, -0.2) is 34.9 Å². The highest BCUT2D eigenvalue weighted by Gasteiger charge is 2.18. The van der Waals surface area contributed by atoms with E-state index >= 15 is 0 Å². The summed E-state index contributed by atoms with van der Waals surface area (Å²) in [5.74, 6) is -0.0839. The molecule has 410 valence electrons. The second kappa shape index (κ2) is 61.8. The lowest BCUT2D eigenvalue weighted by atomic mass is 10.0. The van der Waals surface area contributed by atoms with Crippen molar-refractivity contribution in [1.82, 2.24) is 5.32 Å².